The number of carbonyl (C=O) groups excluding carboxylic acids is 2. The van der Waals surface area contributed by atoms with E-state index in [-0.39, 0.29) is 36.3 Å². The molecule has 0 unspecified atom stereocenters. The minimum atomic E-state index is -0.103. The number of tetrazole rings is 2. The monoisotopic (exact) mass is 250 g/mol. The van der Waals surface area contributed by atoms with Gasteiger partial charge in [0, 0.05) is 0 Å². The van der Waals surface area contributed by atoms with Gasteiger partial charge in [-0.2, -0.15) is 0 Å². The molecular formula is C8H10N8O2. The third kappa shape index (κ3) is 2.42. The highest BCUT2D eigenvalue weighted by molar-refractivity contribution is 5.76. The van der Waals surface area contributed by atoms with E-state index in [9.17, 15) is 9.59 Å². The number of hydrogen-bond donors (Lipinski definition) is 0. The van der Waals surface area contributed by atoms with Gasteiger partial charge in [-0.25, -0.2) is 9.36 Å². The molecule has 0 aliphatic carbocycles. The highest BCUT2D eigenvalue weighted by Crippen LogP contribution is 2.10. The SMILES string of the molecule is CC(=O)Cn1nnnc1-c1nnnn1CC(C)=O. The Morgan fingerprint density at radius 2 is 1.28 bits per heavy atom. The number of hydrogen-bond acceptors (Lipinski definition) is 8. The molecule has 94 valence electrons. The van der Waals surface area contributed by atoms with Crippen LogP contribution in [0.25, 0.3) is 11.6 Å². The molecule has 0 aliphatic rings. The molecule has 0 N–H and O–H groups in total. The van der Waals surface area contributed by atoms with Crippen LogP contribution in [0.4, 0.5) is 0 Å². The molecule has 0 aromatic carbocycles. The maximum atomic E-state index is 11.1. The van der Waals surface area contributed by atoms with Crippen molar-refractivity contribution >= 4 is 11.6 Å². The van der Waals surface area contributed by atoms with E-state index in [0.29, 0.717) is 0 Å². The fourth-order valence-corrected chi connectivity index (χ4v) is 1.36. The van der Waals surface area contributed by atoms with E-state index in [1.54, 1.807) is 0 Å². The fourth-order valence-electron chi connectivity index (χ4n) is 1.36. The molecule has 2 aromatic rings. The third-order valence-electron chi connectivity index (χ3n) is 2.01. The summed E-state index contributed by atoms with van der Waals surface area (Å²) < 4.78 is 2.56. The molecule has 0 aliphatic heterocycles. The quantitative estimate of drug-likeness (QED) is 0.628. The molecule has 10 nitrogen and oxygen atoms in total. The van der Waals surface area contributed by atoms with Gasteiger partial charge in [0.05, 0.1) is 0 Å². The van der Waals surface area contributed by atoms with E-state index >= 15 is 0 Å². The van der Waals surface area contributed by atoms with E-state index in [4.69, 9.17) is 0 Å². The van der Waals surface area contributed by atoms with Crippen molar-refractivity contribution < 1.29 is 9.59 Å². The third-order valence-corrected chi connectivity index (χ3v) is 2.01. The maximum Gasteiger partial charge on any atom is 0.222 e. The molecular weight excluding hydrogens is 240 g/mol. The Bertz CT molecular complexity index is 533. The first-order chi connectivity index (χ1) is 8.58. The Kier molecular flexibility index (Phi) is 3.17. The van der Waals surface area contributed by atoms with E-state index in [2.05, 4.69) is 31.1 Å². The van der Waals surface area contributed by atoms with E-state index in [1.165, 1.54) is 23.2 Å². The van der Waals surface area contributed by atoms with Crippen molar-refractivity contribution in [1.29, 1.82) is 0 Å². The molecule has 0 atom stereocenters. The zero-order valence-electron chi connectivity index (χ0n) is 9.81. The van der Waals surface area contributed by atoms with Crippen LogP contribution in [0.5, 0.6) is 0 Å². The topological polar surface area (TPSA) is 121 Å². The summed E-state index contributed by atoms with van der Waals surface area (Å²) in [7, 11) is 0. The Labute approximate surface area is 101 Å². The number of Topliss-reactive ketones (excluding diaryl/α,β-unsaturated/α-hetero) is 2. The number of rotatable bonds is 5. The summed E-state index contributed by atoms with van der Waals surface area (Å²) >= 11 is 0. The Balaban J connectivity index is 2.37. The molecule has 0 radical (unpaired) electrons. The van der Waals surface area contributed by atoms with Crippen LogP contribution in [0, 0.1) is 0 Å². The summed E-state index contributed by atoms with van der Waals surface area (Å²) in [6.45, 7) is 2.89. The highest BCUT2D eigenvalue weighted by atomic mass is 16.1. The van der Waals surface area contributed by atoms with Gasteiger partial charge in [0.2, 0.25) is 11.6 Å². The van der Waals surface area contributed by atoms with Crippen LogP contribution in [0.3, 0.4) is 0 Å². The summed E-state index contributed by atoms with van der Waals surface area (Å²) in [5, 5.41) is 21.8. The predicted molar refractivity (Wildman–Crippen MR) is 56.0 cm³/mol. The summed E-state index contributed by atoms with van der Waals surface area (Å²) in [4.78, 5) is 22.1. The average Bonchev–Trinajstić information content (AvgIpc) is 2.85. The molecule has 2 rings (SSSR count). The van der Waals surface area contributed by atoms with Crippen LogP contribution in [0.2, 0.25) is 0 Å². The minimum Gasteiger partial charge on any atom is -0.298 e. The second-order valence-corrected chi connectivity index (χ2v) is 3.72. The lowest BCUT2D eigenvalue weighted by molar-refractivity contribution is -0.118. The van der Waals surface area contributed by atoms with Crippen LogP contribution >= 0.6 is 0 Å². The van der Waals surface area contributed by atoms with Crippen molar-refractivity contribution in [3.63, 3.8) is 0 Å². The van der Waals surface area contributed by atoms with Gasteiger partial charge >= 0.3 is 0 Å². The van der Waals surface area contributed by atoms with Gasteiger partial charge in [-0.3, -0.25) is 9.59 Å². The number of carbonyl (C=O) groups is 2. The summed E-state index contributed by atoms with van der Waals surface area (Å²) in [5.74, 6) is 0.288. The second-order valence-electron chi connectivity index (χ2n) is 3.72. The lowest BCUT2D eigenvalue weighted by Gasteiger charge is -2.02. The zero-order valence-corrected chi connectivity index (χ0v) is 9.81. The van der Waals surface area contributed by atoms with E-state index in [1.807, 2.05) is 0 Å². The normalized spacial score (nSPS) is 10.6. The van der Waals surface area contributed by atoms with E-state index in [0.717, 1.165) is 0 Å². The molecule has 0 saturated heterocycles. The summed E-state index contributed by atoms with van der Waals surface area (Å²) in [6, 6.07) is 0. The highest BCUT2D eigenvalue weighted by Gasteiger charge is 2.18. The van der Waals surface area contributed by atoms with Crippen molar-refractivity contribution in [2.75, 3.05) is 0 Å². The smallest absolute Gasteiger partial charge is 0.222 e. The van der Waals surface area contributed by atoms with Crippen LogP contribution in [-0.2, 0) is 22.7 Å². The predicted octanol–water partition coefficient (Wildman–Crippen LogP) is -1.50. The number of aromatic nitrogens is 8. The molecule has 0 spiro atoms. The van der Waals surface area contributed by atoms with Gasteiger partial charge in [-0.1, -0.05) is 0 Å². The standard InChI is InChI=1S/C8H10N8O2/c1-5(17)3-15-7(9-11-13-15)8-10-12-14-16(8)4-6(2)18/h3-4H2,1-2H3. The molecule has 2 aromatic heterocycles. The Hall–Kier alpha value is -2.52. The largest absolute Gasteiger partial charge is 0.298 e. The Morgan fingerprint density at radius 3 is 1.61 bits per heavy atom. The van der Waals surface area contributed by atoms with Crippen molar-refractivity contribution in [2.24, 2.45) is 0 Å². The zero-order chi connectivity index (χ0) is 13.1. The molecule has 18 heavy (non-hydrogen) atoms. The maximum absolute atomic E-state index is 11.1. The van der Waals surface area contributed by atoms with Gasteiger partial charge in [0.15, 0.2) is 11.6 Å². The summed E-state index contributed by atoms with van der Waals surface area (Å²) in [6.07, 6.45) is 0. The lowest BCUT2D eigenvalue weighted by Crippen LogP contribution is -2.14. The average molecular weight is 250 g/mol. The fraction of sp³-hybridized carbons (Fsp3) is 0.500. The molecule has 2 heterocycles. The van der Waals surface area contributed by atoms with Gasteiger partial charge in [-0.05, 0) is 34.7 Å². The Morgan fingerprint density at radius 1 is 0.889 bits per heavy atom. The van der Waals surface area contributed by atoms with Gasteiger partial charge in [-0.15, -0.1) is 10.2 Å². The molecule has 10 heteroatoms. The van der Waals surface area contributed by atoms with E-state index < -0.39 is 0 Å². The van der Waals surface area contributed by atoms with Crippen molar-refractivity contribution in [2.45, 2.75) is 26.9 Å². The first-order valence-electron chi connectivity index (χ1n) is 5.09. The molecule has 0 bridgehead atoms. The van der Waals surface area contributed by atoms with Crippen molar-refractivity contribution in [3.8, 4) is 11.6 Å². The van der Waals surface area contributed by atoms with Crippen molar-refractivity contribution in [3.05, 3.63) is 0 Å². The first kappa shape index (κ1) is 12.0. The first-order valence-corrected chi connectivity index (χ1v) is 5.09. The van der Waals surface area contributed by atoms with Crippen LogP contribution in [0.1, 0.15) is 13.8 Å². The lowest BCUT2D eigenvalue weighted by atomic mass is 10.4. The molecule has 0 saturated carbocycles. The molecule has 0 amide bonds. The second kappa shape index (κ2) is 4.77. The number of nitrogens with zero attached hydrogens (tertiary/aromatic N) is 8. The van der Waals surface area contributed by atoms with Gasteiger partial charge < -0.3 is 0 Å². The number of ketones is 2. The van der Waals surface area contributed by atoms with Gasteiger partial charge in [0.1, 0.15) is 13.1 Å². The van der Waals surface area contributed by atoms with Gasteiger partial charge in [0.25, 0.3) is 0 Å². The summed E-state index contributed by atoms with van der Waals surface area (Å²) in [5.41, 5.74) is 0. The van der Waals surface area contributed by atoms with Crippen LogP contribution in [-0.4, -0.2) is 52.0 Å². The van der Waals surface area contributed by atoms with Crippen LogP contribution in [0.15, 0.2) is 0 Å². The molecule has 0 fully saturated rings. The van der Waals surface area contributed by atoms with Crippen LogP contribution < -0.4 is 0 Å². The minimum absolute atomic E-state index is 0.0231. The van der Waals surface area contributed by atoms with Crippen molar-refractivity contribution in [1.82, 2.24) is 40.4 Å².